The summed E-state index contributed by atoms with van der Waals surface area (Å²) in [6.07, 6.45) is 2.32. The number of para-hydroxylation sites is 1. The molecule has 1 atom stereocenters. The zero-order valence-corrected chi connectivity index (χ0v) is 15.5. The molecule has 1 aromatic heterocycles. The minimum Gasteiger partial charge on any atom is -0.495 e. The fraction of sp³-hybridized carbons (Fsp3) is 0.263. The van der Waals surface area contributed by atoms with Gasteiger partial charge in [0.15, 0.2) is 0 Å². The normalized spacial score (nSPS) is 12.0. The van der Waals surface area contributed by atoms with Crippen molar-refractivity contribution in [2.45, 2.75) is 12.5 Å². The van der Waals surface area contributed by atoms with E-state index in [2.05, 4.69) is 16.4 Å². The number of halogens is 2. The van der Waals surface area contributed by atoms with Crippen LogP contribution in [0.15, 0.2) is 48.7 Å². The molecule has 2 aromatic carbocycles. The van der Waals surface area contributed by atoms with Crippen LogP contribution in [0, 0.1) is 0 Å². The summed E-state index contributed by atoms with van der Waals surface area (Å²) >= 11 is 5.95. The molecule has 0 saturated heterocycles. The first kappa shape index (κ1) is 19.6. The van der Waals surface area contributed by atoms with Gasteiger partial charge in [-0.3, -0.25) is 0 Å². The lowest BCUT2D eigenvalue weighted by molar-refractivity contribution is 0.175. The first-order valence-electron chi connectivity index (χ1n) is 7.96. The maximum absolute atomic E-state index is 10.2. The summed E-state index contributed by atoms with van der Waals surface area (Å²) in [5, 5.41) is 15.3. The first-order chi connectivity index (χ1) is 11.7. The molecular formula is C19H22Cl2N2O2. The van der Waals surface area contributed by atoms with Crippen LogP contribution in [0.5, 0.6) is 5.75 Å². The van der Waals surface area contributed by atoms with Gasteiger partial charge in [0, 0.05) is 23.2 Å². The molecule has 0 amide bonds. The van der Waals surface area contributed by atoms with Crippen molar-refractivity contribution in [3.05, 3.63) is 64.8 Å². The summed E-state index contributed by atoms with van der Waals surface area (Å²) in [4.78, 5) is 3.27. The van der Waals surface area contributed by atoms with Crippen LogP contribution in [-0.4, -0.2) is 30.3 Å². The molecule has 6 heteroatoms. The second-order valence-corrected chi connectivity index (χ2v) is 6.16. The molecule has 1 unspecified atom stereocenters. The summed E-state index contributed by atoms with van der Waals surface area (Å²) in [5.74, 6) is 0.850. The van der Waals surface area contributed by atoms with Crippen LogP contribution in [0.1, 0.15) is 17.2 Å². The Labute approximate surface area is 158 Å². The van der Waals surface area contributed by atoms with Gasteiger partial charge in [0.1, 0.15) is 5.75 Å². The van der Waals surface area contributed by atoms with Crippen LogP contribution in [0.4, 0.5) is 0 Å². The third-order valence-electron chi connectivity index (χ3n) is 4.13. The molecule has 3 rings (SSSR count). The van der Waals surface area contributed by atoms with Gasteiger partial charge in [-0.15, -0.1) is 12.4 Å². The third kappa shape index (κ3) is 4.67. The molecule has 0 aliphatic carbocycles. The van der Waals surface area contributed by atoms with Crippen LogP contribution >= 0.6 is 24.0 Å². The second-order valence-electron chi connectivity index (χ2n) is 5.72. The Kier molecular flexibility index (Phi) is 7.14. The predicted molar refractivity (Wildman–Crippen MR) is 105 cm³/mol. The number of methoxy groups -OCH3 is 1. The molecule has 0 saturated carbocycles. The van der Waals surface area contributed by atoms with E-state index < -0.39 is 6.10 Å². The lowest BCUT2D eigenvalue weighted by Crippen LogP contribution is -2.23. The van der Waals surface area contributed by atoms with Crippen molar-refractivity contribution in [1.82, 2.24) is 10.3 Å². The molecule has 0 bridgehead atoms. The number of fused-ring (bicyclic) bond motifs is 1. The van der Waals surface area contributed by atoms with E-state index in [1.807, 2.05) is 30.5 Å². The Morgan fingerprint density at radius 3 is 2.80 bits per heavy atom. The van der Waals surface area contributed by atoms with E-state index in [4.69, 9.17) is 16.3 Å². The van der Waals surface area contributed by atoms with Crippen molar-refractivity contribution in [2.75, 3.05) is 20.2 Å². The standard InChI is InChI=1S/C19H21ClN2O2.ClH/c1-24-18-7-3-6-16-14(11-22-19(16)18)8-9-21-12-17(23)13-4-2-5-15(20)10-13;/h2-7,10-11,17,21-23H,8-9,12H2,1H3;1H. The van der Waals surface area contributed by atoms with Gasteiger partial charge < -0.3 is 20.1 Å². The van der Waals surface area contributed by atoms with Gasteiger partial charge >= 0.3 is 0 Å². The average molecular weight is 381 g/mol. The molecule has 0 fully saturated rings. The van der Waals surface area contributed by atoms with Gasteiger partial charge in [-0.1, -0.05) is 35.9 Å². The highest BCUT2D eigenvalue weighted by atomic mass is 35.5. The quantitative estimate of drug-likeness (QED) is 0.540. The van der Waals surface area contributed by atoms with E-state index in [1.54, 1.807) is 19.2 Å². The Bertz CT molecular complexity index is 820. The number of H-pyrrole nitrogens is 1. The monoisotopic (exact) mass is 380 g/mol. The maximum Gasteiger partial charge on any atom is 0.142 e. The van der Waals surface area contributed by atoms with Crippen LogP contribution in [0.2, 0.25) is 5.02 Å². The molecule has 0 radical (unpaired) electrons. The van der Waals surface area contributed by atoms with Crippen LogP contribution in [-0.2, 0) is 6.42 Å². The molecule has 4 nitrogen and oxygen atoms in total. The van der Waals surface area contributed by atoms with Gasteiger partial charge in [0.05, 0.1) is 18.7 Å². The van der Waals surface area contributed by atoms with E-state index in [9.17, 15) is 5.11 Å². The first-order valence-corrected chi connectivity index (χ1v) is 8.34. The summed E-state index contributed by atoms with van der Waals surface area (Å²) in [7, 11) is 1.67. The van der Waals surface area contributed by atoms with Crippen molar-refractivity contribution in [1.29, 1.82) is 0 Å². The highest BCUT2D eigenvalue weighted by Crippen LogP contribution is 2.27. The molecule has 3 N–H and O–H groups in total. The Morgan fingerprint density at radius 1 is 1.24 bits per heavy atom. The smallest absolute Gasteiger partial charge is 0.142 e. The van der Waals surface area contributed by atoms with Crippen LogP contribution in [0.25, 0.3) is 10.9 Å². The molecule has 0 aliphatic rings. The average Bonchev–Trinajstić information content (AvgIpc) is 3.01. The van der Waals surface area contributed by atoms with Crippen molar-refractivity contribution >= 4 is 34.9 Å². The number of ether oxygens (including phenoxy) is 1. The van der Waals surface area contributed by atoms with Crippen molar-refractivity contribution < 1.29 is 9.84 Å². The topological polar surface area (TPSA) is 57.3 Å². The second kappa shape index (κ2) is 9.11. The number of hydrogen-bond acceptors (Lipinski definition) is 3. The fourth-order valence-corrected chi connectivity index (χ4v) is 3.05. The SMILES string of the molecule is COc1cccc2c(CCNCC(O)c3cccc(Cl)c3)c[nH]c12.Cl. The van der Waals surface area contributed by atoms with E-state index in [0.717, 1.165) is 29.8 Å². The predicted octanol–water partition coefficient (Wildman–Crippen LogP) is 4.12. The maximum atomic E-state index is 10.2. The van der Waals surface area contributed by atoms with Gasteiger partial charge in [-0.05, 0) is 42.3 Å². The molecule has 25 heavy (non-hydrogen) atoms. The van der Waals surface area contributed by atoms with Crippen LogP contribution < -0.4 is 10.1 Å². The third-order valence-corrected chi connectivity index (χ3v) is 4.36. The van der Waals surface area contributed by atoms with E-state index in [0.29, 0.717) is 11.6 Å². The van der Waals surface area contributed by atoms with Gasteiger partial charge in [0.2, 0.25) is 0 Å². The number of aromatic nitrogens is 1. The Balaban J connectivity index is 0.00000225. The van der Waals surface area contributed by atoms with Gasteiger partial charge in [-0.2, -0.15) is 0 Å². The zero-order chi connectivity index (χ0) is 16.9. The Hall–Kier alpha value is -1.72. The summed E-state index contributed by atoms with van der Waals surface area (Å²) < 4.78 is 5.37. The number of nitrogens with one attached hydrogen (secondary N) is 2. The lowest BCUT2D eigenvalue weighted by Gasteiger charge is -2.12. The van der Waals surface area contributed by atoms with E-state index in [1.165, 1.54) is 10.9 Å². The highest BCUT2D eigenvalue weighted by molar-refractivity contribution is 6.30. The number of rotatable bonds is 7. The molecule has 1 heterocycles. The van der Waals surface area contributed by atoms with Gasteiger partial charge in [-0.25, -0.2) is 0 Å². The molecule has 0 aliphatic heterocycles. The molecule has 0 spiro atoms. The molecule has 134 valence electrons. The number of aliphatic hydroxyl groups excluding tert-OH is 1. The van der Waals surface area contributed by atoms with Crippen molar-refractivity contribution in [3.8, 4) is 5.75 Å². The molecular weight excluding hydrogens is 359 g/mol. The number of benzene rings is 2. The number of aliphatic hydroxyl groups is 1. The minimum absolute atomic E-state index is 0. The van der Waals surface area contributed by atoms with Crippen molar-refractivity contribution in [2.24, 2.45) is 0 Å². The Morgan fingerprint density at radius 2 is 2.04 bits per heavy atom. The highest BCUT2D eigenvalue weighted by Gasteiger charge is 2.09. The van der Waals surface area contributed by atoms with Crippen LogP contribution in [0.3, 0.4) is 0 Å². The van der Waals surface area contributed by atoms with Gasteiger partial charge in [0.25, 0.3) is 0 Å². The largest absolute Gasteiger partial charge is 0.495 e. The summed E-state index contributed by atoms with van der Waals surface area (Å²) in [6, 6.07) is 13.3. The van der Waals surface area contributed by atoms with E-state index >= 15 is 0 Å². The number of aromatic amines is 1. The van der Waals surface area contributed by atoms with Crippen molar-refractivity contribution in [3.63, 3.8) is 0 Å². The minimum atomic E-state index is -0.563. The fourth-order valence-electron chi connectivity index (χ4n) is 2.86. The van der Waals surface area contributed by atoms with E-state index in [-0.39, 0.29) is 12.4 Å². The summed E-state index contributed by atoms with van der Waals surface area (Å²) in [6.45, 7) is 1.27. The lowest BCUT2D eigenvalue weighted by atomic mass is 10.1. The number of hydrogen-bond donors (Lipinski definition) is 3. The summed E-state index contributed by atoms with van der Waals surface area (Å²) in [5.41, 5.74) is 3.08. The zero-order valence-electron chi connectivity index (χ0n) is 14.0. The molecule has 3 aromatic rings.